The zero-order valence-corrected chi connectivity index (χ0v) is 17.2. The van der Waals surface area contributed by atoms with Crippen LogP contribution in [0.5, 0.6) is 5.75 Å². The van der Waals surface area contributed by atoms with Crippen LogP contribution >= 0.6 is 0 Å². The molecule has 0 heterocycles. The van der Waals surface area contributed by atoms with E-state index in [9.17, 15) is 30.8 Å². The van der Waals surface area contributed by atoms with Crippen molar-refractivity contribution in [2.45, 2.75) is 18.2 Å². The number of aryl methyl sites for hydroxylation is 1. The predicted molar refractivity (Wildman–Crippen MR) is 109 cm³/mol. The third-order valence-corrected chi connectivity index (χ3v) is 5.60. The first-order valence-corrected chi connectivity index (χ1v) is 10.5. The largest absolute Gasteiger partial charge is 0.573 e. The van der Waals surface area contributed by atoms with Crippen molar-refractivity contribution in [1.29, 1.82) is 0 Å². The summed E-state index contributed by atoms with van der Waals surface area (Å²) in [6.07, 6.45) is -4.96. The van der Waals surface area contributed by atoms with Gasteiger partial charge in [-0.1, -0.05) is 18.2 Å². The quantitative estimate of drug-likeness (QED) is 0.494. The summed E-state index contributed by atoms with van der Waals surface area (Å²) in [6.45, 7) is 1.54. The van der Waals surface area contributed by atoms with Crippen LogP contribution < -0.4 is 14.8 Å². The average Bonchev–Trinajstić information content (AvgIpc) is 2.70. The van der Waals surface area contributed by atoms with E-state index in [4.69, 9.17) is 0 Å². The minimum Gasteiger partial charge on any atom is -0.404 e. The first-order chi connectivity index (χ1) is 14.9. The number of benzene rings is 3. The van der Waals surface area contributed by atoms with Crippen molar-refractivity contribution in [3.05, 3.63) is 83.7 Å². The molecule has 0 unspecified atom stereocenters. The molecule has 11 heteroatoms. The second-order valence-corrected chi connectivity index (χ2v) is 8.27. The van der Waals surface area contributed by atoms with Crippen LogP contribution in [0.1, 0.15) is 15.9 Å². The molecule has 0 saturated heterocycles. The Morgan fingerprint density at radius 3 is 2.28 bits per heavy atom. The molecule has 0 aliphatic rings. The van der Waals surface area contributed by atoms with Crippen molar-refractivity contribution < 1.29 is 35.5 Å². The van der Waals surface area contributed by atoms with Crippen molar-refractivity contribution >= 4 is 27.3 Å². The number of amides is 1. The highest BCUT2D eigenvalue weighted by molar-refractivity contribution is 7.92. The topological polar surface area (TPSA) is 84.5 Å². The Morgan fingerprint density at radius 2 is 1.62 bits per heavy atom. The third kappa shape index (κ3) is 5.76. The average molecular weight is 468 g/mol. The molecule has 1 amide bonds. The molecular formula is C21H16F4N2O4S. The lowest BCUT2D eigenvalue weighted by Crippen LogP contribution is -2.20. The predicted octanol–water partition coefficient (Wildman–Crippen LogP) is 5.09. The summed E-state index contributed by atoms with van der Waals surface area (Å²) in [7, 11) is -4.13. The first kappa shape index (κ1) is 23.1. The zero-order valence-electron chi connectivity index (χ0n) is 16.4. The summed E-state index contributed by atoms with van der Waals surface area (Å²) < 4.78 is 82.3. The minimum atomic E-state index is -4.96. The maximum atomic E-state index is 13.0. The molecule has 6 nitrogen and oxygen atoms in total. The molecule has 168 valence electrons. The van der Waals surface area contributed by atoms with E-state index in [2.05, 4.69) is 14.8 Å². The highest BCUT2D eigenvalue weighted by atomic mass is 32.2. The highest BCUT2D eigenvalue weighted by Gasteiger charge is 2.32. The Kier molecular flexibility index (Phi) is 6.40. The Bertz CT molecular complexity index is 1240. The molecule has 0 fully saturated rings. The Hall–Kier alpha value is -3.60. The number of para-hydroxylation sites is 2. The number of anilines is 2. The highest BCUT2D eigenvalue weighted by Crippen LogP contribution is 2.30. The molecule has 3 aromatic rings. The number of ether oxygens (including phenoxy) is 1. The summed E-state index contributed by atoms with van der Waals surface area (Å²) in [6, 6.07) is 13.3. The number of hydrogen-bond donors (Lipinski definition) is 2. The second-order valence-electron chi connectivity index (χ2n) is 6.59. The zero-order chi connectivity index (χ0) is 23.5. The normalized spacial score (nSPS) is 11.7. The molecule has 0 radical (unpaired) electrons. The molecule has 0 aliphatic heterocycles. The van der Waals surface area contributed by atoms with E-state index in [1.54, 1.807) is 0 Å². The Balaban J connectivity index is 1.87. The van der Waals surface area contributed by atoms with Gasteiger partial charge in [-0.05, 0) is 61.0 Å². The molecule has 0 spiro atoms. The maximum Gasteiger partial charge on any atom is 0.573 e. The number of alkyl halides is 3. The van der Waals surface area contributed by atoms with Crippen LogP contribution in [0.3, 0.4) is 0 Å². The van der Waals surface area contributed by atoms with Gasteiger partial charge in [-0.2, -0.15) is 0 Å². The van der Waals surface area contributed by atoms with Crippen LogP contribution in [-0.4, -0.2) is 20.7 Å². The fourth-order valence-corrected chi connectivity index (χ4v) is 3.80. The Morgan fingerprint density at radius 1 is 0.969 bits per heavy atom. The number of halogens is 4. The number of rotatable bonds is 6. The standard InChI is InChI=1S/C21H16F4N2O4S/c1-13-6-11-16(32(29,30)27-15-9-7-14(22)8-10-15)12-17(13)20(28)26-18-4-2-3-5-19(18)31-21(23,24)25/h2-12,27H,1H3,(H,26,28). The fraction of sp³-hybridized carbons (Fsp3) is 0.0952. The van der Waals surface area contributed by atoms with E-state index in [-0.39, 0.29) is 21.8 Å². The van der Waals surface area contributed by atoms with Crippen molar-refractivity contribution in [3.8, 4) is 5.75 Å². The molecule has 0 saturated carbocycles. The van der Waals surface area contributed by atoms with Gasteiger partial charge >= 0.3 is 6.36 Å². The van der Waals surface area contributed by atoms with Crippen LogP contribution in [0.25, 0.3) is 0 Å². The monoisotopic (exact) mass is 468 g/mol. The van der Waals surface area contributed by atoms with Gasteiger partial charge in [-0.3, -0.25) is 9.52 Å². The van der Waals surface area contributed by atoms with Gasteiger partial charge in [-0.25, -0.2) is 12.8 Å². The van der Waals surface area contributed by atoms with Crippen molar-refractivity contribution in [2.75, 3.05) is 10.0 Å². The molecule has 0 atom stereocenters. The van der Waals surface area contributed by atoms with E-state index in [0.717, 1.165) is 24.3 Å². The van der Waals surface area contributed by atoms with Crippen LogP contribution in [0, 0.1) is 12.7 Å². The lowest BCUT2D eigenvalue weighted by Gasteiger charge is -2.15. The van der Waals surface area contributed by atoms with Crippen LogP contribution in [0.4, 0.5) is 28.9 Å². The van der Waals surface area contributed by atoms with E-state index in [1.165, 1.54) is 49.4 Å². The summed E-state index contributed by atoms with van der Waals surface area (Å²) >= 11 is 0. The second kappa shape index (κ2) is 8.87. The molecule has 0 aromatic heterocycles. The van der Waals surface area contributed by atoms with E-state index >= 15 is 0 Å². The number of sulfonamides is 1. The first-order valence-electron chi connectivity index (χ1n) is 9.00. The van der Waals surface area contributed by atoms with Crippen LogP contribution in [-0.2, 0) is 10.0 Å². The third-order valence-electron chi connectivity index (χ3n) is 4.22. The summed E-state index contributed by atoms with van der Waals surface area (Å²) in [4.78, 5) is 12.5. The smallest absolute Gasteiger partial charge is 0.404 e. The van der Waals surface area contributed by atoms with E-state index in [0.29, 0.717) is 5.56 Å². The van der Waals surface area contributed by atoms with Crippen molar-refractivity contribution in [2.24, 2.45) is 0 Å². The van der Waals surface area contributed by atoms with Gasteiger partial charge in [0.2, 0.25) is 0 Å². The van der Waals surface area contributed by atoms with Gasteiger partial charge in [0.15, 0.2) is 5.75 Å². The molecule has 32 heavy (non-hydrogen) atoms. The lowest BCUT2D eigenvalue weighted by atomic mass is 10.1. The summed E-state index contributed by atoms with van der Waals surface area (Å²) in [5.74, 6) is -2.00. The van der Waals surface area contributed by atoms with Crippen molar-refractivity contribution in [1.82, 2.24) is 0 Å². The number of nitrogens with one attached hydrogen (secondary N) is 2. The molecule has 0 aliphatic carbocycles. The summed E-state index contributed by atoms with van der Waals surface area (Å²) in [5, 5.41) is 2.30. The fourth-order valence-electron chi connectivity index (χ4n) is 2.72. The van der Waals surface area contributed by atoms with Gasteiger partial charge in [-0.15, -0.1) is 13.2 Å². The van der Waals surface area contributed by atoms with Gasteiger partial charge in [0.05, 0.1) is 10.6 Å². The molecule has 3 aromatic carbocycles. The van der Waals surface area contributed by atoms with Crippen LogP contribution in [0.2, 0.25) is 0 Å². The van der Waals surface area contributed by atoms with Gasteiger partial charge < -0.3 is 10.1 Å². The molecule has 3 rings (SSSR count). The van der Waals surface area contributed by atoms with Crippen LogP contribution in [0.15, 0.2) is 71.6 Å². The van der Waals surface area contributed by atoms with E-state index in [1.807, 2.05) is 0 Å². The maximum absolute atomic E-state index is 13.0. The van der Waals surface area contributed by atoms with Gasteiger partial charge in [0.25, 0.3) is 15.9 Å². The Labute approximate surface area is 180 Å². The van der Waals surface area contributed by atoms with Gasteiger partial charge in [0, 0.05) is 11.3 Å². The van der Waals surface area contributed by atoms with E-state index < -0.39 is 33.9 Å². The minimum absolute atomic E-state index is 0.0752. The molecule has 2 N–H and O–H groups in total. The van der Waals surface area contributed by atoms with Gasteiger partial charge in [0.1, 0.15) is 5.82 Å². The number of carbonyl (C=O) groups is 1. The van der Waals surface area contributed by atoms with Crippen molar-refractivity contribution in [3.63, 3.8) is 0 Å². The molecule has 0 bridgehead atoms. The molecular weight excluding hydrogens is 452 g/mol. The number of carbonyl (C=O) groups excluding carboxylic acids is 1. The SMILES string of the molecule is Cc1ccc(S(=O)(=O)Nc2ccc(F)cc2)cc1C(=O)Nc1ccccc1OC(F)(F)F. The summed E-state index contributed by atoms with van der Waals surface area (Å²) in [5.41, 5.74) is 0.175. The lowest BCUT2D eigenvalue weighted by molar-refractivity contribution is -0.274. The number of hydrogen-bond acceptors (Lipinski definition) is 4.